The minimum absolute atomic E-state index is 0.0168. The lowest BCUT2D eigenvalue weighted by Gasteiger charge is -2.33. The van der Waals surface area contributed by atoms with E-state index in [2.05, 4.69) is 29.8 Å². The molecule has 0 amide bonds. The number of hydrogen-bond donors (Lipinski definition) is 0. The fourth-order valence-electron chi connectivity index (χ4n) is 3.10. The molecule has 1 fully saturated rings. The summed E-state index contributed by atoms with van der Waals surface area (Å²) in [5.74, 6) is 1.27. The molecule has 1 nitrogen and oxygen atoms in total. The Morgan fingerprint density at radius 1 is 1.16 bits per heavy atom. The van der Waals surface area contributed by atoms with Crippen LogP contribution in [0.25, 0.3) is 0 Å². The maximum atomic E-state index is 13.0. The van der Waals surface area contributed by atoms with Crippen LogP contribution in [0.3, 0.4) is 0 Å². The molecule has 0 saturated heterocycles. The molecule has 1 aliphatic rings. The molecule has 1 aromatic carbocycles. The monoisotopic (exact) mass is 328 g/mol. The highest BCUT2D eigenvalue weighted by Gasteiger charge is 2.27. The van der Waals surface area contributed by atoms with Gasteiger partial charge in [-0.3, -0.25) is 0 Å². The van der Waals surface area contributed by atoms with Crippen LogP contribution < -0.4 is 0 Å². The van der Waals surface area contributed by atoms with Gasteiger partial charge in [0.15, 0.2) is 0 Å². The highest BCUT2D eigenvalue weighted by atomic mass is 79.9. The topological polar surface area (TPSA) is 9.23 Å². The fourth-order valence-corrected chi connectivity index (χ4v) is 3.62. The van der Waals surface area contributed by atoms with E-state index in [1.54, 1.807) is 0 Å². The van der Waals surface area contributed by atoms with Gasteiger partial charge in [0.25, 0.3) is 0 Å². The Morgan fingerprint density at radius 3 is 2.26 bits per heavy atom. The molecule has 19 heavy (non-hydrogen) atoms. The molecular formula is C16H22BrFO. The molecule has 3 heteroatoms. The molecule has 0 N–H and O–H groups in total. The predicted octanol–water partition coefficient (Wildman–Crippen LogP) is 5.10. The van der Waals surface area contributed by atoms with Crippen molar-refractivity contribution in [2.75, 3.05) is 5.33 Å². The number of alkyl halides is 1. The summed E-state index contributed by atoms with van der Waals surface area (Å²) in [5.41, 5.74) is 1.05. The van der Waals surface area contributed by atoms with Crippen LogP contribution in [0.1, 0.15) is 44.8 Å². The normalized spacial score (nSPS) is 29.2. The van der Waals surface area contributed by atoms with Crippen LogP contribution in [0.4, 0.5) is 4.39 Å². The standard InChI is InChI=1S/C16H22BrFO/c1-11-7-12(2)9-15(8-11)19-16(10-17)13-3-5-14(18)6-4-13/h3-6,11-12,15-16H,7-10H2,1-2H3. The predicted molar refractivity (Wildman–Crippen MR) is 80.0 cm³/mol. The lowest BCUT2D eigenvalue weighted by molar-refractivity contribution is -0.0401. The van der Waals surface area contributed by atoms with E-state index >= 15 is 0 Å². The van der Waals surface area contributed by atoms with Crippen molar-refractivity contribution >= 4 is 15.9 Å². The lowest BCUT2D eigenvalue weighted by atomic mass is 9.81. The Morgan fingerprint density at radius 2 is 1.74 bits per heavy atom. The summed E-state index contributed by atoms with van der Waals surface area (Å²) >= 11 is 3.51. The average Bonchev–Trinajstić information content (AvgIpc) is 2.36. The Hall–Kier alpha value is -0.410. The van der Waals surface area contributed by atoms with Crippen molar-refractivity contribution in [1.82, 2.24) is 0 Å². The van der Waals surface area contributed by atoms with Gasteiger partial charge in [0.1, 0.15) is 5.82 Å². The molecule has 0 spiro atoms. The largest absolute Gasteiger partial charge is 0.369 e. The van der Waals surface area contributed by atoms with E-state index in [1.807, 2.05) is 12.1 Å². The van der Waals surface area contributed by atoms with Crippen LogP contribution in [0.2, 0.25) is 0 Å². The maximum absolute atomic E-state index is 13.0. The summed E-state index contributed by atoms with van der Waals surface area (Å²) in [6.07, 6.45) is 3.91. The number of rotatable bonds is 4. The minimum atomic E-state index is -0.197. The average molecular weight is 329 g/mol. The fraction of sp³-hybridized carbons (Fsp3) is 0.625. The van der Waals surface area contributed by atoms with Gasteiger partial charge in [-0.2, -0.15) is 0 Å². The van der Waals surface area contributed by atoms with Crippen LogP contribution >= 0.6 is 15.9 Å². The van der Waals surface area contributed by atoms with Crippen LogP contribution in [0.15, 0.2) is 24.3 Å². The number of benzene rings is 1. The first-order chi connectivity index (χ1) is 9.08. The van der Waals surface area contributed by atoms with Crippen LogP contribution in [-0.2, 0) is 4.74 Å². The maximum Gasteiger partial charge on any atom is 0.123 e. The Bertz CT molecular complexity index is 382. The van der Waals surface area contributed by atoms with E-state index < -0.39 is 0 Å². The quantitative estimate of drug-likeness (QED) is 0.698. The first-order valence-electron chi connectivity index (χ1n) is 7.05. The molecule has 1 aromatic rings. The molecule has 3 unspecified atom stereocenters. The van der Waals surface area contributed by atoms with Gasteiger partial charge in [0, 0.05) is 5.33 Å². The second-order valence-corrected chi connectivity index (χ2v) is 6.52. The van der Waals surface area contributed by atoms with Crippen molar-refractivity contribution in [2.45, 2.75) is 45.3 Å². The van der Waals surface area contributed by atoms with Gasteiger partial charge in [-0.25, -0.2) is 4.39 Å². The molecule has 3 atom stereocenters. The molecule has 2 rings (SSSR count). The van der Waals surface area contributed by atoms with E-state index in [0.717, 1.165) is 35.6 Å². The smallest absolute Gasteiger partial charge is 0.123 e. The number of ether oxygens (including phenoxy) is 1. The van der Waals surface area contributed by atoms with Gasteiger partial charge >= 0.3 is 0 Å². The van der Waals surface area contributed by atoms with Gasteiger partial charge in [-0.05, 0) is 48.8 Å². The SMILES string of the molecule is CC1CC(C)CC(OC(CBr)c2ccc(F)cc2)C1. The van der Waals surface area contributed by atoms with Gasteiger partial charge in [0.05, 0.1) is 12.2 Å². The van der Waals surface area contributed by atoms with Crippen LogP contribution in [-0.4, -0.2) is 11.4 Å². The molecule has 0 aromatic heterocycles. The first kappa shape index (κ1) is 15.0. The van der Waals surface area contributed by atoms with E-state index in [-0.39, 0.29) is 11.9 Å². The molecule has 106 valence electrons. The number of hydrogen-bond acceptors (Lipinski definition) is 1. The van der Waals surface area contributed by atoms with Crippen molar-refractivity contribution in [3.8, 4) is 0 Å². The highest BCUT2D eigenvalue weighted by molar-refractivity contribution is 9.09. The van der Waals surface area contributed by atoms with Gasteiger partial charge in [-0.1, -0.05) is 41.9 Å². The van der Waals surface area contributed by atoms with Crippen molar-refractivity contribution < 1.29 is 9.13 Å². The molecule has 1 saturated carbocycles. The summed E-state index contributed by atoms with van der Waals surface area (Å²) < 4.78 is 19.2. The third-order valence-corrected chi connectivity index (χ3v) is 4.46. The zero-order valence-corrected chi connectivity index (χ0v) is 13.2. The summed E-state index contributed by atoms with van der Waals surface area (Å²) in [6.45, 7) is 4.60. The third-order valence-electron chi connectivity index (χ3n) is 3.87. The van der Waals surface area contributed by atoms with Gasteiger partial charge < -0.3 is 4.74 Å². The van der Waals surface area contributed by atoms with Gasteiger partial charge in [-0.15, -0.1) is 0 Å². The van der Waals surface area contributed by atoms with Gasteiger partial charge in [0.2, 0.25) is 0 Å². The Kier molecular flexibility index (Phi) is 5.40. The summed E-state index contributed by atoms with van der Waals surface area (Å²) in [7, 11) is 0. The van der Waals surface area contributed by atoms with Crippen molar-refractivity contribution in [2.24, 2.45) is 11.8 Å². The molecular weight excluding hydrogens is 307 g/mol. The summed E-state index contributed by atoms with van der Waals surface area (Å²) in [4.78, 5) is 0. The highest BCUT2D eigenvalue weighted by Crippen LogP contribution is 2.33. The lowest BCUT2D eigenvalue weighted by Crippen LogP contribution is -2.28. The summed E-state index contributed by atoms with van der Waals surface area (Å²) in [5, 5.41) is 0.748. The second kappa shape index (κ2) is 6.85. The van der Waals surface area contributed by atoms with E-state index in [0.29, 0.717) is 6.10 Å². The van der Waals surface area contributed by atoms with Crippen LogP contribution in [0, 0.1) is 17.7 Å². The third kappa shape index (κ3) is 4.28. The van der Waals surface area contributed by atoms with Crippen molar-refractivity contribution in [1.29, 1.82) is 0 Å². The van der Waals surface area contributed by atoms with E-state index in [4.69, 9.17) is 4.74 Å². The minimum Gasteiger partial charge on any atom is -0.369 e. The molecule has 0 bridgehead atoms. The van der Waals surface area contributed by atoms with Crippen LogP contribution in [0.5, 0.6) is 0 Å². The Labute approximate surface area is 123 Å². The summed E-state index contributed by atoms with van der Waals surface area (Å²) in [6, 6.07) is 6.63. The zero-order valence-electron chi connectivity index (χ0n) is 11.6. The first-order valence-corrected chi connectivity index (χ1v) is 8.17. The molecule has 0 aliphatic heterocycles. The molecule has 0 radical (unpaired) electrons. The number of halogens is 2. The van der Waals surface area contributed by atoms with E-state index in [9.17, 15) is 4.39 Å². The molecule has 0 heterocycles. The van der Waals surface area contributed by atoms with Crippen molar-refractivity contribution in [3.63, 3.8) is 0 Å². The zero-order chi connectivity index (χ0) is 13.8. The van der Waals surface area contributed by atoms with E-state index in [1.165, 1.54) is 18.6 Å². The second-order valence-electron chi connectivity index (χ2n) is 5.87. The Balaban J connectivity index is 2.00. The molecule has 1 aliphatic carbocycles. The van der Waals surface area contributed by atoms with Crippen molar-refractivity contribution in [3.05, 3.63) is 35.6 Å².